The summed E-state index contributed by atoms with van der Waals surface area (Å²) in [4.78, 5) is 2.20. The molecule has 1 atom stereocenters. The highest BCUT2D eigenvalue weighted by Crippen LogP contribution is 2.41. The van der Waals surface area contributed by atoms with Gasteiger partial charge in [-0.05, 0) is 45.3 Å². The van der Waals surface area contributed by atoms with Gasteiger partial charge in [-0.2, -0.15) is 0 Å². The van der Waals surface area contributed by atoms with Crippen molar-refractivity contribution >= 4 is 0 Å². The van der Waals surface area contributed by atoms with Crippen molar-refractivity contribution in [2.75, 3.05) is 20.6 Å². The molecular formula is C15H26N2O. The molecule has 2 rings (SSSR count). The molecule has 0 radical (unpaired) electrons. The molecule has 1 aliphatic rings. The van der Waals surface area contributed by atoms with E-state index in [9.17, 15) is 5.11 Å². The molecule has 0 spiro atoms. The molecule has 0 saturated heterocycles. The van der Waals surface area contributed by atoms with Crippen LogP contribution in [0.4, 0.5) is 0 Å². The summed E-state index contributed by atoms with van der Waals surface area (Å²) in [6.45, 7) is 8.69. The number of hydrogen-bond donors (Lipinski definition) is 1. The van der Waals surface area contributed by atoms with Gasteiger partial charge in [0, 0.05) is 30.0 Å². The Balaban J connectivity index is 2.32. The van der Waals surface area contributed by atoms with E-state index in [2.05, 4.69) is 50.4 Å². The SMILES string of the molecule is Cc1cc2c(n1CCN(C)C)CC(C)(C)CC2O. The minimum atomic E-state index is -0.289. The van der Waals surface area contributed by atoms with E-state index in [0.29, 0.717) is 0 Å². The molecule has 3 heteroatoms. The van der Waals surface area contributed by atoms with Crippen LogP contribution in [0.3, 0.4) is 0 Å². The lowest BCUT2D eigenvalue weighted by Crippen LogP contribution is -2.28. The molecule has 1 N–H and O–H groups in total. The average molecular weight is 250 g/mol. The van der Waals surface area contributed by atoms with E-state index in [-0.39, 0.29) is 11.5 Å². The lowest BCUT2D eigenvalue weighted by molar-refractivity contribution is 0.0978. The molecule has 1 heterocycles. The number of aromatic nitrogens is 1. The second kappa shape index (κ2) is 4.71. The Hall–Kier alpha value is -0.800. The van der Waals surface area contributed by atoms with E-state index >= 15 is 0 Å². The van der Waals surface area contributed by atoms with Crippen molar-refractivity contribution in [3.05, 3.63) is 23.0 Å². The summed E-state index contributed by atoms with van der Waals surface area (Å²) in [5.41, 5.74) is 3.98. The van der Waals surface area contributed by atoms with Gasteiger partial charge < -0.3 is 14.6 Å². The first-order valence-electron chi connectivity index (χ1n) is 6.82. The van der Waals surface area contributed by atoms with Gasteiger partial charge in [-0.25, -0.2) is 0 Å². The highest BCUT2D eigenvalue weighted by Gasteiger charge is 2.33. The fourth-order valence-electron chi connectivity index (χ4n) is 3.01. The van der Waals surface area contributed by atoms with Crippen LogP contribution < -0.4 is 0 Å². The molecule has 102 valence electrons. The number of fused-ring (bicyclic) bond motifs is 1. The zero-order valence-electron chi connectivity index (χ0n) is 12.3. The quantitative estimate of drug-likeness (QED) is 0.892. The number of aliphatic hydroxyl groups is 1. The van der Waals surface area contributed by atoms with Gasteiger partial charge >= 0.3 is 0 Å². The molecule has 1 aliphatic carbocycles. The van der Waals surface area contributed by atoms with E-state index in [4.69, 9.17) is 0 Å². The first kappa shape index (κ1) is 13.6. The van der Waals surface area contributed by atoms with E-state index < -0.39 is 0 Å². The Morgan fingerprint density at radius 2 is 2.11 bits per heavy atom. The van der Waals surface area contributed by atoms with Crippen molar-refractivity contribution in [3.8, 4) is 0 Å². The average Bonchev–Trinajstić information content (AvgIpc) is 2.50. The Kier molecular flexibility index (Phi) is 3.56. The smallest absolute Gasteiger partial charge is 0.0812 e. The van der Waals surface area contributed by atoms with E-state index in [1.165, 1.54) is 11.4 Å². The van der Waals surface area contributed by atoms with Crippen LogP contribution in [0.15, 0.2) is 6.07 Å². The largest absolute Gasteiger partial charge is 0.388 e. The maximum Gasteiger partial charge on any atom is 0.0812 e. The second-order valence-electron chi connectivity index (χ2n) is 6.70. The molecule has 18 heavy (non-hydrogen) atoms. The normalized spacial score (nSPS) is 22.3. The van der Waals surface area contributed by atoms with Crippen LogP contribution in [0, 0.1) is 12.3 Å². The molecule has 3 nitrogen and oxygen atoms in total. The fraction of sp³-hybridized carbons (Fsp3) is 0.733. The third-order valence-corrected chi connectivity index (χ3v) is 3.97. The van der Waals surface area contributed by atoms with Crippen LogP contribution in [0.5, 0.6) is 0 Å². The Morgan fingerprint density at radius 1 is 1.44 bits per heavy atom. The van der Waals surface area contributed by atoms with Crippen molar-refractivity contribution < 1.29 is 5.11 Å². The lowest BCUT2D eigenvalue weighted by atomic mass is 9.75. The fourth-order valence-corrected chi connectivity index (χ4v) is 3.01. The number of aryl methyl sites for hydroxylation is 1. The van der Waals surface area contributed by atoms with E-state index in [1.54, 1.807) is 0 Å². The van der Waals surface area contributed by atoms with Gasteiger partial charge in [-0.15, -0.1) is 0 Å². The lowest BCUT2D eigenvalue weighted by Gasteiger charge is -2.34. The van der Waals surface area contributed by atoms with Crippen molar-refractivity contribution in [2.45, 2.75) is 46.3 Å². The topological polar surface area (TPSA) is 28.4 Å². The van der Waals surface area contributed by atoms with Gasteiger partial charge in [-0.3, -0.25) is 0 Å². The van der Waals surface area contributed by atoms with Gasteiger partial charge in [0.05, 0.1) is 6.10 Å². The van der Waals surface area contributed by atoms with E-state index in [0.717, 1.165) is 31.5 Å². The maximum absolute atomic E-state index is 10.3. The minimum absolute atomic E-state index is 0.201. The molecule has 1 aromatic heterocycles. The van der Waals surface area contributed by atoms with Crippen LogP contribution >= 0.6 is 0 Å². The predicted octanol–water partition coefficient (Wildman–Crippen LogP) is 2.36. The van der Waals surface area contributed by atoms with Gasteiger partial charge in [0.2, 0.25) is 0 Å². The molecule has 1 unspecified atom stereocenters. The second-order valence-corrected chi connectivity index (χ2v) is 6.70. The summed E-state index contributed by atoms with van der Waals surface area (Å²) < 4.78 is 2.39. The van der Waals surface area contributed by atoms with Crippen molar-refractivity contribution in [3.63, 3.8) is 0 Å². The number of rotatable bonds is 3. The van der Waals surface area contributed by atoms with Crippen LogP contribution in [0.25, 0.3) is 0 Å². The molecule has 0 amide bonds. The highest BCUT2D eigenvalue weighted by atomic mass is 16.3. The molecule has 0 bridgehead atoms. The summed E-state index contributed by atoms with van der Waals surface area (Å²) in [6, 6.07) is 2.17. The van der Waals surface area contributed by atoms with Crippen LogP contribution in [-0.2, 0) is 13.0 Å². The molecule has 0 saturated carbocycles. The Bertz CT molecular complexity index is 432. The first-order chi connectivity index (χ1) is 8.30. The van der Waals surface area contributed by atoms with Crippen LogP contribution in [0.2, 0.25) is 0 Å². The predicted molar refractivity (Wildman–Crippen MR) is 74.8 cm³/mol. The third kappa shape index (κ3) is 2.62. The third-order valence-electron chi connectivity index (χ3n) is 3.97. The zero-order valence-corrected chi connectivity index (χ0v) is 12.3. The van der Waals surface area contributed by atoms with Gasteiger partial charge in [0.15, 0.2) is 0 Å². The number of likely N-dealkylation sites (N-methyl/N-ethyl adjacent to an activating group) is 1. The standard InChI is InChI=1S/C15H26N2O/c1-11-8-12-13(17(11)7-6-16(4)5)9-15(2,3)10-14(12)18/h8,14,18H,6-7,9-10H2,1-5H3. The summed E-state index contributed by atoms with van der Waals surface area (Å²) in [5.74, 6) is 0. The molecule has 1 aromatic rings. The number of aliphatic hydroxyl groups excluding tert-OH is 1. The van der Waals surface area contributed by atoms with E-state index in [1.807, 2.05) is 0 Å². The molecule has 0 aliphatic heterocycles. The van der Waals surface area contributed by atoms with Crippen molar-refractivity contribution in [2.24, 2.45) is 5.41 Å². The van der Waals surface area contributed by atoms with Crippen LogP contribution in [0.1, 0.15) is 43.3 Å². The number of nitrogens with zero attached hydrogens (tertiary/aromatic N) is 2. The molecular weight excluding hydrogens is 224 g/mol. The number of hydrogen-bond acceptors (Lipinski definition) is 2. The summed E-state index contributed by atoms with van der Waals surface area (Å²) in [7, 11) is 4.20. The van der Waals surface area contributed by atoms with Crippen molar-refractivity contribution in [1.29, 1.82) is 0 Å². The zero-order chi connectivity index (χ0) is 13.5. The summed E-state index contributed by atoms with van der Waals surface area (Å²) >= 11 is 0. The maximum atomic E-state index is 10.3. The monoisotopic (exact) mass is 250 g/mol. The minimum Gasteiger partial charge on any atom is -0.388 e. The summed E-state index contributed by atoms with van der Waals surface area (Å²) in [5, 5.41) is 10.3. The summed E-state index contributed by atoms with van der Waals surface area (Å²) in [6.07, 6.45) is 1.65. The Labute approximate surface area is 110 Å². The highest BCUT2D eigenvalue weighted by molar-refractivity contribution is 5.33. The first-order valence-corrected chi connectivity index (χ1v) is 6.82. The van der Waals surface area contributed by atoms with Gasteiger partial charge in [-0.1, -0.05) is 13.8 Å². The van der Waals surface area contributed by atoms with Crippen LogP contribution in [-0.4, -0.2) is 35.2 Å². The van der Waals surface area contributed by atoms with Crippen molar-refractivity contribution in [1.82, 2.24) is 9.47 Å². The molecule has 0 aromatic carbocycles. The molecule has 0 fully saturated rings. The van der Waals surface area contributed by atoms with Gasteiger partial charge in [0.25, 0.3) is 0 Å². The Morgan fingerprint density at radius 3 is 2.72 bits per heavy atom. The van der Waals surface area contributed by atoms with Gasteiger partial charge in [0.1, 0.15) is 0 Å².